The van der Waals surface area contributed by atoms with Crippen LogP contribution in [0.5, 0.6) is 5.75 Å². The number of hydrogen-bond acceptors (Lipinski definition) is 3. The number of rotatable bonds is 2. The number of pyridine rings is 1. The molecule has 1 aliphatic carbocycles. The molecule has 0 saturated heterocycles. The minimum atomic E-state index is -0.131. The third-order valence-electron chi connectivity index (χ3n) is 2.88. The fraction of sp³-hybridized carbons (Fsp3) is 0.500. The molecule has 3 nitrogen and oxygen atoms in total. The SMILES string of the molecule is OCC#Cc1cncc(OC2CCCCC2)c1. The molecule has 1 aliphatic rings. The first-order valence-corrected chi connectivity index (χ1v) is 6.10. The van der Waals surface area contributed by atoms with E-state index in [1.165, 1.54) is 19.3 Å². The molecule has 0 amide bonds. The van der Waals surface area contributed by atoms with E-state index in [1.807, 2.05) is 6.07 Å². The normalized spacial score (nSPS) is 16.1. The van der Waals surface area contributed by atoms with Gasteiger partial charge in [0, 0.05) is 11.8 Å². The highest BCUT2D eigenvalue weighted by Gasteiger charge is 2.14. The largest absolute Gasteiger partial charge is 0.489 e. The zero-order valence-electron chi connectivity index (χ0n) is 9.85. The molecule has 0 aromatic carbocycles. The van der Waals surface area contributed by atoms with Crippen LogP contribution in [-0.4, -0.2) is 22.8 Å². The number of aliphatic hydroxyl groups is 1. The van der Waals surface area contributed by atoms with Gasteiger partial charge in [-0.05, 0) is 31.7 Å². The third kappa shape index (κ3) is 3.76. The molecule has 3 heteroatoms. The van der Waals surface area contributed by atoms with Crippen molar-refractivity contribution in [2.24, 2.45) is 0 Å². The average Bonchev–Trinajstić information content (AvgIpc) is 2.38. The van der Waals surface area contributed by atoms with Crippen molar-refractivity contribution in [3.05, 3.63) is 24.0 Å². The van der Waals surface area contributed by atoms with Crippen molar-refractivity contribution in [3.8, 4) is 17.6 Å². The monoisotopic (exact) mass is 231 g/mol. The van der Waals surface area contributed by atoms with Crippen LogP contribution in [0.3, 0.4) is 0 Å². The lowest BCUT2D eigenvalue weighted by atomic mass is 9.98. The van der Waals surface area contributed by atoms with Gasteiger partial charge in [-0.1, -0.05) is 18.3 Å². The molecule has 17 heavy (non-hydrogen) atoms. The van der Waals surface area contributed by atoms with Crippen LogP contribution in [0.2, 0.25) is 0 Å². The Balaban J connectivity index is 2.00. The lowest BCUT2D eigenvalue weighted by Gasteiger charge is -2.22. The van der Waals surface area contributed by atoms with Crippen LogP contribution in [-0.2, 0) is 0 Å². The molecule has 1 aromatic rings. The van der Waals surface area contributed by atoms with E-state index in [4.69, 9.17) is 9.84 Å². The first-order valence-electron chi connectivity index (χ1n) is 6.10. The highest BCUT2D eigenvalue weighted by atomic mass is 16.5. The van der Waals surface area contributed by atoms with Gasteiger partial charge in [0.15, 0.2) is 0 Å². The number of hydrogen-bond donors (Lipinski definition) is 1. The van der Waals surface area contributed by atoms with Gasteiger partial charge in [-0.25, -0.2) is 0 Å². The number of aliphatic hydroxyl groups excluding tert-OH is 1. The van der Waals surface area contributed by atoms with E-state index in [9.17, 15) is 0 Å². The molecule has 0 atom stereocenters. The van der Waals surface area contributed by atoms with Crippen LogP contribution < -0.4 is 4.74 Å². The van der Waals surface area contributed by atoms with E-state index in [0.717, 1.165) is 24.2 Å². The molecule has 2 rings (SSSR count). The topological polar surface area (TPSA) is 42.4 Å². The molecule has 0 unspecified atom stereocenters. The van der Waals surface area contributed by atoms with Gasteiger partial charge in [-0.3, -0.25) is 4.98 Å². The van der Waals surface area contributed by atoms with Gasteiger partial charge in [0.1, 0.15) is 12.4 Å². The van der Waals surface area contributed by atoms with Crippen molar-refractivity contribution in [2.45, 2.75) is 38.2 Å². The number of ether oxygens (including phenoxy) is 1. The second kappa shape index (κ2) is 6.27. The van der Waals surface area contributed by atoms with Crippen LogP contribution >= 0.6 is 0 Å². The van der Waals surface area contributed by atoms with Gasteiger partial charge in [0.25, 0.3) is 0 Å². The first-order chi connectivity index (χ1) is 8.38. The van der Waals surface area contributed by atoms with Crippen LogP contribution in [0.15, 0.2) is 18.5 Å². The van der Waals surface area contributed by atoms with Gasteiger partial charge in [0.05, 0.1) is 12.3 Å². The molecule has 0 radical (unpaired) electrons. The van der Waals surface area contributed by atoms with Gasteiger partial charge in [-0.15, -0.1) is 0 Å². The maximum Gasteiger partial charge on any atom is 0.139 e. The molecule has 90 valence electrons. The van der Waals surface area contributed by atoms with E-state index in [2.05, 4.69) is 16.8 Å². The fourth-order valence-electron chi connectivity index (χ4n) is 2.07. The molecule has 1 heterocycles. The Morgan fingerprint density at radius 1 is 1.29 bits per heavy atom. The van der Waals surface area contributed by atoms with E-state index in [1.54, 1.807) is 12.4 Å². The van der Waals surface area contributed by atoms with Crippen LogP contribution in [0.1, 0.15) is 37.7 Å². The smallest absolute Gasteiger partial charge is 0.139 e. The van der Waals surface area contributed by atoms with Crippen molar-refractivity contribution in [3.63, 3.8) is 0 Å². The Bertz CT molecular complexity index is 414. The summed E-state index contributed by atoms with van der Waals surface area (Å²) in [6, 6.07) is 1.88. The molecular formula is C14H17NO2. The summed E-state index contributed by atoms with van der Waals surface area (Å²) in [7, 11) is 0. The summed E-state index contributed by atoms with van der Waals surface area (Å²) in [5.74, 6) is 6.21. The quantitative estimate of drug-likeness (QED) is 0.793. The maximum absolute atomic E-state index is 8.63. The summed E-state index contributed by atoms with van der Waals surface area (Å²) < 4.78 is 5.88. The number of nitrogens with zero attached hydrogens (tertiary/aromatic N) is 1. The Morgan fingerprint density at radius 2 is 2.12 bits per heavy atom. The summed E-state index contributed by atoms with van der Waals surface area (Å²) in [5.41, 5.74) is 0.785. The minimum absolute atomic E-state index is 0.131. The average molecular weight is 231 g/mol. The zero-order valence-corrected chi connectivity index (χ0v) is 9.85. The molecular weight excluding hydrogens is 214 g/mol. The van der Waals surface area contributed by atoms with Crippen molar-refractivity contribution in [1.29, 1.82) is 0 Å². The van der Waals surface area contributed by atoms with Crippen molar-refractivity contribution in [2.75, 3.05) is 6.61 Å². The van der Waals surface area contributed by atoms with E-state index >= 15 is 0 Å². The summed E-state index contributed by atoms with van der Waals surface area (Å²) >= 11 is 0. The Hall–Kier alpha value is -1.53. The maximum atomic E-state index is 8.63. The summed E-state index contributed by atoms with van der Waals surface area (Å²) in [6.07, 6.45) is 9.81. The van der Waals surface area contributed by atoms with Crippen LogP contribution in [0.25, 0.3) is 0 Å². The highest BCUT2D eigenvalue weighted by molar-refractivity contribution is 5.36. The lowest BCUT2D eigenvalue weighted by molar-refractivity contribution is 0.154. The van der Waals surface area contributed by atoms with Gasteiger partial charge in [0.2, 0.25) is 0 Å². The molecule has 1 aromatic heterocycles. The van der Waals surface area contributed by atoms with Crippen molar-refractivity contribution in [1.82, 2.24) is 4.98 Å². The summed E-state index contributed by atoms with van der Waals surface area (Å²) in [6.45, 7) is -0.131. The summed E-state index contributed by atoms with van der Waals surface area (Å²) in [4.78, 5) is 4.09. The molecule has 0 spiro atoms. The lowest BCUT2D eigenvalue weighted by Crippen LogP contribution is -2.19. The second-order valence-corrected chi connectivity index (χ2v) is 4.25. The van der Waals surface area contributed by atoms with Gasteiger partial charge >= 0.3 is 0 Å². The molecule has 0 bridgehead atoms. The molecule has 1 saturated carbocycles. The summed E-state index contributed by atoms with van der Waals surface area (Å²) in [5, 5.41) is 8.63. The highest BCUT2D eigenvalue weighted by Crippen LogP contribution is 2.23. The molecule has 1 N–H and O–H groups in total. The Labute approximate surface area is 102 Å². The predicted octanol–water partition coefficient (Wildman–Crippen LogP) is 2.14. The molecule has 1 fully saturated rings. The van der Waals surface area contributed by atoms with E-state index in [-0.39, 0.29) is 6.61 Å². The van der Waals surface area contributed by atoms with Gasteiger partial charge < -0.3 is 9.84 Å². The van der Waals surface area contributed by atoms with Crippen molar-refractivity contribution >= 4 is 0 Å². The van der Waals surface area contributed by atoms with Crippen molar-refractivity contribution < 1.29 is 9.84 Å². The third-order valence-corrected chi connectivity index (χ3v) is 2.88. The van der Waals surface area contributed by atoms with Crippen LogP contribution in [0, 0.1) is 11.8 Å². The van der Waals surface area contributed by atoms with Crippen LogP contribution in [0.4, 0.5) is 0 Å². The molecule has 0 aliphatic heterocycles. The minimum Gasteiger partial charge on any atom is -0.489 e. The van der Waals surface area contributed by atoms with E-state index < -0.39 is 0 Å². The number of aromatic nitrogens is 1. The zero-order chi connectivity index (χ0) is 11.9. The first kappa shape index (κ1) is 11.9. The standard InChI is InChI=1S/C14H17NO2/c16-8-4-5-12-9-14(11-15-10-12)17-13-6-2-1-3-7-13/h9-11,13,16H,1-3,6-8H2. The van der Waals surface area contributed by atoms with Gasteiger partial charge in [-0.2, -0.15) is 0 Å². The Morgan fingerprint density at radius 3 is 2.88 bits per heavy atom. The second-order valence-electron chi connectivity index (χ2n) is 4.25. The fourth-order valence-corrected chi connectivity index (χ4v) is 2.07. The predicted molar refractivity (Wildman–Crippen MR) is 65.7 cm³/mol. The Kier molecular flexibility index (Phi) is 4.40. The van der Waals surface area contributed by atoms with E-state index in [0.29, 0.717) is 6.10 Å².